The van der Waals surface area contributed by atoms with Crippen LogP contribution in [0.15, 0.2) is 29.4 Å². The zero-order valence-corrected chi connectivity index (χ0v) is 15.8. The maximum absolute atomic E-state index is 12.2. The fourth-order valence-corrected chi connectivity index (χ4v) is 2.98. The molecule has 130 valence electrons. The first-order valence-corrected chi connectivity index (χ1v) is 8.62. The van der Waals surface area contributed by atoms with Crippen molar-refractivity contribution in [3.05, 3.63) is 24.3 Å². The molecule has 7 heteroatoms. The first kappa shape index (κ1) is 18.3. The van der Waals surface area contributed by atoms with Crippen LogP contribution in [0, 0.1) is 0 Å². The van der Waals surface area contributed by atoms with Gasteiger partial charge in [0.2, 0.25) is 5.91 Å². The molecule has 0 aliphatic heterocycles. The standard InChI is InChI=1S/C17H24N4O2S/c1-11(15(22)18-17(2,3)4)24-16-20-19-14(21(16)5)12-9-7-8-10-13(12)23-6/h7-11H,1-6H3,(H,18,22)/t11-/m1/s1. The molecule has 1 atom stereocenters. The zero-order valence-electron chi connectivity index (χ0n) is 15.0. The van der Waals surface area contributed by atoms with Crippen molar-refractivity contribution in [2.45, 2.75) is 43.6 Å². The van der Waals surface area contributed by atoms with E-state index in [1.54, 1.807) is 7.11 Å². The SMILES string of the molecule is COc1ccccc1-c1nnc(S[C@H](C)C(=O)NC(C)(C)C)n1C. The Labute approximate surface area is 147 Å². The molecular weight excluding hydrogens is 324 g/mol. The molecular formula is C17H24N4O2S. The summed E-state index contributed by atoms with van der Waals surface area (Å²) in [5.41, 5.74) is 0.614. The fourth-order valence-electron chi connectivity index (χ4n) is 2.16. The Morgan fingerprint density at radius 2 is 1.96 bits per heavy atom. The van der Waals surface area contributed by atoms with Crippen LogP contribution in [-0.4, -0.2) is 38.6 Å². The lowest BCUT2D eigenvalue weighted by Gasteiger charge is -2.22. The van der Waals surface area contributed by atoms with Crippen LogP contribution in [0.2, 0.25) is 0 Å². The molecule has 2 aromatic rings. The molecule has 1 heterocycles. The average Bonchev–Trinajstić information content (AvgIpc) is 2.86. The summed E-state index contributed by atoms with van der Waals surface area (Å²) in [5.74, 6) is 1.43. The third-order valence-corrected chi connectivity index (χ3v) is 4.47. The number of amides is 1. The highest BCUT2D eigenvalue weighted by molar-refractivity contribution is 8.00. The van der Waals surface area contributed by atoms with Gasteiger partial charge in [0, 0.05) is 12.6 Å². The van der Waals surface area contributed by atoms with E-state index in [1.807, 2.05) is 63.6 Å². The summed E-state index contributed by atoms with van der Waals surface area (Å²) in [6.07, 6.45) is 0. The van der Waals surface area contributed by atoms with Crippen molar-refractivity contribution in [2.24, 2.45) is 7.05 Å². The van der Waals surface area contributed by atoms with Crippen LogP contribution < -0.4 is 10.1 Å². The molecule has 1 amide bonds. The number of aromatic nitrogens is 3. The predicted molar refractivity (Wildman–Crippen MR) is 96.2 cm³/mol. The van der Waals surface area contributed by atoms with Crippen LogP contribution in [0.25, 0.3) is 11.4 Å². The van der Waals surface area contributed by atoms with Gasteiger partial charge in [-0.25, -0.2) is 0 Å². The highest BCUT2D eigenvalue weighted by Crippen LogP contribution is 2.31. The van der Waals surface area contributed by atoms with Gasteiger partial charge in [-0.3, -0.25) is 4.79 Å². The molecule has 1 aromatic carbocycles. The van der Waals surface area contributed by atoms with Gasteiger partial charge in [-0.05, 0) is 39.8 Å². The summed E-state index contributed by atoms with van der Waals surface area (Å²) >= 11 is 1.38. The Kier molecular flexibility index (Phi) is 5.54. The van der Waals surface area contributed by atoms with Gasteiger partial charge < -0.3 is 14.6 Å². The largest absolute Gasteiger partial charge is 0.496 e. The van der Waals surface area contributed by atoms with Gasteiger partial charge in [-0.15, -0.1) is 10.2 Å². The van der Waals surface area contributed by atoms with Gasteiger partial charge in [0.25, 0.3) is 0 Å². The number of hydrogen-bond acceptors (Lipinski definition) is 5. The van der Waals surface area contributed by atoms with Gasteiger partial charge in [-0.2, -0.15) is 0 Å². The number of nitrogens with zero attached hydrogens (tertiary/aromatic N) is 3. The zero-order chi connectivity index (χ0) is 17.9. The van der Waals surface area contributed by atoms with Crippen molar-refractivity contribution in [1.82, 2.24) is 20.1 Å². The third kappa shape index (κ3) is 4.29. The molecule has 0 aliphatic carbocycles. The summed E-state index contributed by atoms with van der Waals surface area (Å²) in [6.45, 7) is 7.75. The Morgan fingerprint density at radius 1 is 1.29 bits per heavy atom. The molecule has 6 nitrogen and oxygen atoms in total. The van der Waals surface area contributed by atoms with Gasteiger partial charge >= 0.3 is 0 Å². The molecule has 0 unspecified atom stereocenters. The third-order valence-electron chi connectivity index (χ3n) is 3.33. The quantitative estimate of drug-likeness (QED) is 0.842. The number of carbonyl (C=O) groups is 1. The van der Waals surface area contributed by atoms with Crippen LogP contribution in [-0.2, 0) is 11.8 Å². The van der Waals surface area contributed by atoms with Gasteiger partial charge in [0.05, 0.1) is 17.9 Å². The maximum atomic E-state index is 12.2. The Balaban J connectivity index is 2.20. The van der Waals surface area contributed by atoms with E-state index in [1.165, 1.54) is 11.8 Å². The number of thioether (sulfide) groups is 1. The van der Waals surface area contributed by atoms with E-state index in [2.05, 4.69) is 15.5 Å². The summed E-state index contributed by atoms with van der Waals surface area (Å²) in [4.78, 5) is 12.2. The number of nitrogens with one attached hydrogen (secondary N) is 1. The lowest BCUT2D eigenvalue weighted by atomic mass is 10.1. The second kappa shape index (κ2) is 7.25. The molecule has 2 rings (SSSR count). The number of hydrogen-bond donors (Lipinski definition) is 1. The minimum absolute atomic E-state index is 0.0191. The number of rotatable bonds is 5. The number of para-hydroxylation sites is 1. The van der Waals surface area contributed by atoms with Crippen LogP contribution in [0.3, 0.4) is 0 Å². The van der Waals surface area contributed by atoms with E-state index in [0.29, 0.717) is 11.0 Å². The molecule has 0 fully saturated rings. The average molecular weight is 348 g/mol. The molecule has 0 aliphatic rings. The number of benzene rings is 1. The molecule has 0 saturated carbocycles. The van der Waals surface area contributed by atoms with E-state index in [0.717, 1.165) is 11.3 Å². The molecule has 0 spiro atoms. The van der Waals surface area contributed by atoms with E-state index in [4.69, 9.17) is 4.74 Å². The number of ether oxygens (including phenoxy) is 1. The van der Waals surface area contributed by atoms with Crippen molar-refractivity contribution in [3.8, 4) is 17.1 Å². The molecule has 1 aromatic heterocycles. The second-order valence-corrected chi connectivity index (χ2v) is 7.87. The van der Waals surface area contributed by atoms with Crippen LogP contribution in [0.5, 0.6) is 5.75 Å². The van der Waals surface area contributed by atoms with Crippen molar-refractivity contribution < 1.29 is 9.53 Å². The van der Waals surface area contributed by atoms with E-state index in [-0.39, 0.29) is 16.7 Å². The van der Waals surface area contributed by atoms with E-state index >= 15 is 0 Å². The van der Waals surface area contributed by atoms with Crippen molar-refractivity contribution in [1.29, 1.82) is 0 Å². The van der Waals surface area contributed by atoms with Crippen molar-refractivity contribution in [3.63, 3.8) is 0 Å². The number of methoxy groups -OCH3 is 1. The molecule has 0 saturated heterocycles. The Hall–Kier alpha value is -2.02. The normalized spacial score (nSPS) is 12.8. The second-order valence-electron chi connectivity index (χ2n) is 6.56. The maximum Gasteiger partial charge on any atom is 0.233 e. The van der Waals surface area contributed by atoms with Crippen molar-refractivity contribution in [2.75, 3.05) is 7.11 Å². The van der Waals surface area contributed by atoms with Gasteiger partial charge in [0.1, 0.15) is 5.75 Å². The molecule has 0 radical (unpaired) electrons. The molecule has 24 heavy (non-hydrogen) atoms. The predicted octanol–water partition coefficient (Wildman–Crippen LogP) is 2.89. The van der Waals surface area contributed by atoms with Gasteiger partial charge in [0.15, 0.2) is 11.0 Å². The van der Waals surface area contributed by atoms with Crippen LogP contribution >= 0.6 is 11.8 Å². The summed E-state index contributed by atoms with van der Waals surface area (Å²) in [7, 11) is 3.52. The fraction of sp³-hybridized carbons (Fsp3) is 0.471. The smallest absolute Gasteiger partial charge is 0.233 e. The van der Waals surface area contributed by atoms with Crippen LogP contribution in [0.4, 0.5) is 0 Å². The highest BCUT2D eigenvalue weighted by atomic mass is 32.2. The topological polar surface area (TPSA) is 69.0 Å². The van der Waals surface area contributed by atoms with Gasteiger partial charge in [-0.1, -0.05) is 23.9 Å². The summed E-state index contributed by atoms with van der Waals surface area (Å²) in [6, 6.07) is 7.66. The highest BCUT2D eigenvalue weighted by Gasteiger charge is 2.23. The molecule has 1 N–H and O–H groups in total. The van der Waals surface area contributed by atoms with E-state index in [9.17, 15) is 4.79 Å². The summed E-state index contributed by atoms with van der Waals surface area (Å²) < 4.78 is 7.26. The van der Waals surface area contributed by atoms with E-state index < -0.39 is 0 Å². The monoisotopic (exact) mass is 348 g/mol. The summed E-state index contributed by atoms with van der Waals surface area (Å²) in [5, 5.41) is 11.9. The first-order valence-electron chi connectivity index (χ1n) is 7.74. The van der Waals surface area contributed by atoms with Crippen molar-refractivity contribution >= 4 is 17.7 Å². The first-order chi connectivity index (χ1) is 11.2. The Bertz CT molecular complexity index is 722. The molecule has 0 bridgehead atoms. The Morgan fingerprint density at radius 3 is 2.58 bits per heavy atom. The number of carbonyl (C=O) groups excluding carboxylic acids is 1. The minimum atomic E-state index is -0.266. The van der Waals surface area contributed by atoms with Crippen LogP contribution in [0.1, 0.15) is 27.7 Å². The lowest BCUT2D eigenvalue weighted by molar-refractivity contribution is -0.121. The lowest BCUT2D eigenvalue weighted by Crippen LogP contribution is -2.44. The minimum Gasteiger partial charge on any atom is -0.496 e.